The van der Waals surface area contributed by atoms with Gasteiger partial charge >= 0.3 is 0 Å². The summed E-state index contributed by atoms with van der Waals surface area (Å²) in [4.78, 5) is 16.2. The lowest BCUT2D eigenvalue weighted by molar-refractivity contribution is -0.115. The summed E-state index contributed by atoms with van der Waals surface area (Å²) >= 11 is 6.00. The predicted octanol–water partition coefficient (Wildman–Crippen LogP) is 3.02. The number of benzene rings is 1. The second-order valence-corrected chi connectivity index (χ2v) is 5.89. The molecule has 1 saturated heterocycles. The van der Waals surface area contributed by atoms with Gasteiger partial charge < -0.3 is 14.6 Å². The molecule has 0 saturated carbocycles. The van der Waals surface area contributed by atoms with Gasteiger partial charge in [0.05, 0.1) is 23.2 Å². The van der Waals surface area contributed by atoms with Gasteiger partial charge in [0.1, 0.15) is 0 Å². The molecule has 0 bridgehead atoms. The Morgan fingerprint density at radius 2 is 2.26 bits per heavy atom. The fraction of sp³-hybridized carbons (Fsp3) is 0.438. The molecule has 1 atom stereocenters. The largest absolute Gasteiger partial charge is 0.378 e. The number of nitrogens with one attached hydrogen (secondary N) is 1. The summed E-state index contributed by atoms with van der Waals surface area (Å²) in [5.74, 6) is 0.683. The van der Waals surface area contributed by atoms with Gasteiger partial charge in [-0.2, -0.15) is 4.98 Å². The van der Waals surface area contributed by atoms with Crippen LogP contribution in [0.2, 0.25) is 5.02 Å². The third kappa shape index (κ3) is 4.53. The number of carbonyl (C=O) groups excluding carboxylic acids is 1. The van der Waals surface area contributed by atoms with Crippen LogP contribution >= 0.6 is 11.6 Å². The van der Waals surface area contributed by atoms with Crippen molar-refractivity contribution in [3.05, 3.63) is 41.0 Å². The van der Waals surface area contributed by atoms with Crippen LogP contribution in [0.5, 0.6) is 0 Å². The van der Waals surface area contributed by atoms with Crippen LogP contribution in [0.4, 0.5) is 5.69 Å². The first-order chi connectivity index (χ1) is 11.2. The Hall–Kier alpha value is -1.92. The second-order valence-electron chi connectivity index (χ2n) is 5.48. The molecule has 6 nitrogen and oxygen atoms in total. The number of hydrogen-bond donors (Lipinski definition) is 1. The maximum absolute atomic E-state index is 12.0. The molecule has 1 aromatic carbocycles. The molecule has 1 N–H and O–H groups in total. The standard InChI is InChI=1S/C16H18ClN3O3/c17-12-5-1-2-6-13(12)18-15(21)10-14-19-16(23-20-14)8-7-11-4-3-9-22-11/h1-2,5-6,11H,3-4,7-10H2,(H,18,21)/t11-/m0/s1. The molecule has 1 amide bonds. The zero-order chi connectivity index (χ0) is 16.1. The zero-order valence-corrected chi connectivity index (χ0v) is 13.4. The number of amides is 1. The third-order valence-electron chi connectivity index (χ3n) is 3.68. The van der Waals surface area contributed by atoms with E-state index in [4.69, 9.17) is 20.9 Å². The normalized spacial score (nSPS) is 17.3. The molecule has 0 aliphatic carbocycles. The van der Waals surface area contributed by atoms with Crippen LogP contribution in [0.15, 0.2) is 28.8 Å². The molecule has 122 valence electrons. The lowest BCUT2D eigenvalue weighted by Gasteiger charge is -2.05. The second kappa shape index (κ2) is 7.57. The minimum absolute atomic E-state index is 0.0502. The fourth-order valence-corrected chi connectivity index (χ4v) is 2.70. The highest BCUT2D eigenvalue weighted by atomic mass is 35.5. The molecule has 0 radical (unpaired) electrons. The molecule has 2 heterocycles. The highest BCUT2D eigenvalue weighted by Gasteiger charge is 2.17. The predicted molar refractivity (Wildman–Crippen MR) is 85.4 cm³/mol. The van der Waals surface area contributed by atoms with Crippen molar-refractivity contribution in [2.45, 2.75) is 38.2 Å². The van der Waals surface area contributed by atoms with Crippen LogP contribution in [0.1, 0.15) is 31.0 Å². The monoisotopic (exact) mass is 335 g/mol. The summed E-state index contributed by atoms with van der Waals surface area (Å²) in [6.07, 6.45) is 4.07. The van der Waals surface area contributed by atoms with Crippen LogP contribution in [0, 0.1) is 0 Å². The van der Waals surface area contributed by atoms with Crippen molar-refractivity contribution in [3.8, 4) is 0 Å². The van der Waals surface area contributed by atoms with E-state index in [1.54, 1.807) is 24.3 Å². The summed E-state index contributed by atoms with van der Waals surface area (Å²) in [6.45, 7) is 0.835. The molecule has 1 aliphatic heterocycles. The Kier molecular flexibility index (Phi) is 5.25. The SMILES string of the molecule is O=C(Cc1noc(CC[C@@H]2CCCO2)n1)Nc1ccccc1Cl. The van der Waals surface area contributed by atoms with E-state index < -0.39 is 0 Å². The van der Waals surface area contributed by atoms with Gasteiger partial charge in [0.25, 0.3) is 0 Å². The van der Waals surface area contributed by atoms with Crippen LogP contribution in [0.25, 0.3) is 0 Å². The molecular formula is C16H18ClN3O3. The van der Waals surface area contributed by atoms with Gasteiger partial charge in [-0.1, -0.05) is 28.9 Å². The maximum atomic E-state index is 12.0. The van der Waals surface area contributed by atoms with Crippen molar-refractivity contribution >= 4 is 23.2 Å². The molecule has 2 aromatic rings. The fourth-order valence-electron chi connectivity index (χ4n) is 2.52. The van der Waals surface area contributed by atoms with Crippen LogP contribution in [0.3, 0.4) is 0 Å². The number of nitrogens with zero attached hydrogens (tertiary/aromatic N) is 2. The highest BCUT2D eigenvalue weighted by molar-refractivity contribution is 6.33. The van der Waals surface area contributed by atoms with E-state index in [0.29, 0.717) is 28.8 Å². The van der Waals surface area contributed by atoms with Crippen LogP contribution in [-0.4, -0.2) is 28.8 Å². The molecule has 23 heavy (non-hydrogen) atoms. The lowest BCUT2D eigenvalue weighted by atomic mass is 10.1. The van der Waals surface area contributed by atoms with E-state index in [0.717, 1.165) is 25.9 Å². The number of ether oxygens (including phenoxy) is 1. The van der Waals surface area contributed by atoms with Gasteiger partial charge in [-0.05, 0) is 31.4 Å². The lowest BCUT2D eigenvalue weighted by Crippen LogP contribution is -2.15. The third-order valence-corrected chi connectivity index (χ3v) is 4.01. The smallest absolute Gasteiger partial charge is 0.232 e. The van der Waals surface area contributed by atoms with Gasteiger partial charge in [0.2, 0.25) is 11.8 Å². The molecule has 0 unspecified atom stereocenters. The topological polar surface area (TPSA) is 77.2 Å². The Labute approximate surface area is 139 Å². The van der Waals surface area contributed by atoms with E-state index in [1.807, 2.05) is 0 Å². The van der Waals surface area contributed by atoms with Crippen molar-refractivity contribution < 1.29 is 14.1 Å². The molecule has 1 aromatic heterocycles. The quantitative estimate of drug-likeness (QED) is 0.878. The van der Waals surface area contributed by atoms with Crippen molar-refractivity contribution in [2.75, 3.05) is 11.9 Å². The summed E-state index contributed by atoms with van der Waals surface area (Å²) < 4.78 is 10.7. The van der Waals surface area contributed by atoms with E-state index in [2.05, 4.69) is 15.5 Å². The molecule has 3 rings (SSSR count). The molecule has 1 aliphatic rings. The molecule has 1 fully saturated rings. The Morgan fingerprint density at radius 1 is 1.39 bits per heavy atom. The number of halogens is 1. The Morgan fingerprint density at radius 3 is 3.04 bits per heavy atom. The Balaban J connectivity index is 1.50. The van der Waals surface area contributed by atoms with E-state index in [1.165, 1.54) is 0 Å². The van der Waals surface area contributed by atoms with Crippen LogP contribution < -0.4 is 5.32 Å². The average molecular weight is 336 g/mol. The highest BCUT2D eigenvalue weighted by Crippen LogP contribution is 2.20. The summed E-state index contributed by atoms with van der Waals surface area (Å²) in [5.41, 5.74) is 0.571. The molecular weight excluding hydrogens is 318 g/mol. The minimum atomic E-state index is -0.232. The van der Waals surface area contributed by atoms with E-state index in [9.17, 15) is 4.79 Å². The Bertz CT molecular complexity index is 668. The van der Waals surface area contributed by atoms with Gasteiger partial charge in [-0.3, -0.25) is 4.79 Å². The number of aryl methyl sites for hydroxylation is 1. The van der Waals surface area contributed by atoms with Crippen molar-refractivity contribution in [1.82, 2.24) is 10.1 Å². The van der Waals surface area contributed by atoms with Gasteiger partial charge in [0.15, 0.2) is 5.82 Å². The van der Waals surface area contributed by atoms with E-state index >= 15 is 0 Å². The molecule has 7 heteroatoms. The summed E-state index contributed by atoms with van der Waals surface area (Å²) in [5, 5.41) is 7.07. The first kappa shape index (κ1) is 16.0. The van der Waals surface area contributed by atoms with Gasteiger partial charge in [-0.25, -0.2) is 0 Å². The first-order valence-corrected chi connectivity index (χ1v) is 8.06. The summed E-state index contributed by atoms with van der Waals surface area (Å²) in [7, 11) is 0. The van der Waals surface area contributed by atoms with Gasteiger partial charge in [0, 0.05) is 13.0 Å². The number of carbonyl (C=O) groups is 1. The summed E-state index contributed by atoms with van der Waals surface area (Å²) in [6, 6.07) is 7.06. The maximum Gasteiger partial charge on any atom is 0.232 e. The minimum Gasteiger partial charge on any atom is -0.378 e. The zero-order valence-electron chi connectivity index (χ0n) is 12.6. The van der Waals surface area contributed by atoms with Gasteiger partial charge in [-0.15, -0.1) is 0 Å². The number of rotatable bonds is 6. The van der Waals surface area contributed by atoms with Crippen molar-refractivity contribution in [3.63, 3.8) is 0 Å². The van der Waals surface area contributed by atoms with E-state index in [-0.39, 0.29) is 18.4 Å². The van der Waals surface area contributed by atoms with Crippen molar-refractivity contribution in [2.24, 2.45) is 0 Å². The first-order valence-electron chi connectivity index (χ1n) is 7.68. The number of para-hydroxylation sites is 1. The van der Waals surface area contributed by atoms with Crippen LogP contribution in [-0.2, 0) is 22.4 Å². The molecule has 0 spiro atoms. The number of aromatic nitrogens is 2. The number of anilines is 1. The van der Waals surface area contributed by atoms with Crippen molar-refractivity contribution in [1.29, 1.82) is 0 Å². The average Bonchev–Trinajstić information content (AvgIpc) is 3.19. The number of hydrogen-bond acceptors (Lipinski definition) is 5.